The minimum atomic E-state index is 0.239. The first kappa shape index (κ1) is 14.3. The number of benzene rings is 2. The molecule has 4 aromatic rings. The number of nitrogens with one attached hydrogen (secondary N) is 1. The minimum absolute atomic E-state index is 0.239. The maximum Gasteiger partial charge on any atom is 0.196 e. The largest absolute Gasteiger partial charge is 0.506 e. The fourth-order valence-electron chi connectivity index (χ4n) is 3.61. The van der Waals surface area contributed by atoms with Crippen LogP contribution in [0.25, 0.3) is 22.1 Å². The summed E-state index contributed by atoms with van der Waals surface area (Å²) in [5.74, 6) is 0.802. The van der Waals surface area contributed by atoms with Gasteiger partial charge in [-0.3, -0.25) is 0 Å². The van der Waals surface area contributed by atoms with Crippen molar-refractivity contribution in [3.05, 3.63) is 53.9 Å². The van der Waals surface area contributed by atoms with Gasteiger partial charge in [0.05, 0.1) is 5.69 Å². The summed E-state index contributed by atoms with van der Waals surface area (Å²) in [7, 11) is 0. The molecular weight excluding hydrogens is 314 g/mol. The maximum atomic E-state index is 10.4. The predicted octanol–water partition coefficient (Wildman–Crippen LogP) is 4.70. The molecule has 5 nitrogen and oxygen atoms in total. The summed E-state index contributed by atoms with van der Waals surface area (Å²) in [5, 5.41) is 14.6. The predicted molar refractivity (Wildman–Crippen MR) is 97.3 cm³/mol. The van der Waals surface area contributed by atoms with E-state index < -0.39 is 0 Å². The summed E-state index contributed by atoms with van der Waals surface area (Å²) in [5.41, 5.74) is 5.33. The number of phenols is 1. The molecule has 0 atom stereocenters. The van der Waals surface area contributed by atoms with Crippen LogP contribution in [0.5, 0.6) is 5.75 Å². The Morgan fingerprint density at radius 2 is 1.80 bits per heavy atom. The van der Waals surface area contributed by atoms with Gasteiger partial charge in [0.25, 0.3) is 0 Å². The number of para-hydroxylation sites is 1. The quantitative estimate of drug-likeness (QED) is 0.521. The summed E-state index contributed by atoms with van der Waals surface area (Å²) in [6.07, 6.45) is 5.98. The fraction of sp³-hybridized carbons (Fsp3) is 0.200. The molecule has 0 saturated heterocycles. The smallest absolute Gasteiger partial charge is 0.196 e. The number of anilines is 2. The number of phenolic OH excluding ortho intramolecular Hbond substituents is 1. The van der Waals surface area contributed by atoms with Crippen molar-refractivity contribution in [1.29, 1.82) is 0 Å². The number of fused-ring (bicyclic) bond motifs is 4. The van der Waals surface area contributed by atoms with Crippen LogP contribution in [0, 0.1) is 0 Å². The lowest BCUT2D eigenvalue weighted by Gasteiger charge is -2.18. The van der Waals surface area contributed by atoms with E-state index in [-0.39, 0.29) is 5.75 Å². The van der Waals surface area contributed by atoms with E-state index in [1.54, 1.807) is 0 Å². The summed E-state index contributed by atoms with van der Waals surface area (Å²) in [6, 6.07) is 11.7. The molecule has 0 aliphatic heterocycles. The third kappa shape index (κ3) is 2.31. The molecule has 0 spiro atoms. The topological polar surface area (TPSA) is 71.2 Å². The van der Waals surface area contributed by atoms with Gasteiger partial charge in [0.1, 0.15) is 23.2 Å². The number of hydrogen-bond acceptors (Lipinski definition) is 5. The highest BCUT2D eigenvalue weighted by Gasteiger charge is 2.16. The second kappa shape index (κ2) is 5.48. The summed E-state index contributed by atoms with van der Waals surface area (Å²) in [6.45, 7) is 0. The van der Waals surface area contributed by atoms with Crippen LogP contribution >= 0.6 is 0 Å². The lowest BCUT2D eigenvalue weighted by atomic mass is 9.91. The molecule has 2 aromatic carbocycles. The number of nitrogens with zero attached hydrogens (tertiary/aromatic N) is 2. The number of furan rings is 1. The van der Waals surface area contributed by atoms with E-state index in [9.17, 15) is 5.11 Å². The third-order valence-corrected chi connectivity index (χ3v) is 4.87. The highest BCUT2D eigenvalue weighted by Crippen LogP contribution is 2.36. The molecule has 0 unspecified atom stereocenters. The van der Waals surface area contributed by atoms with Crippen LogP contribution in [0.3, 0.4) is 0 Å². The first-order valence-electron chi connectivity index (χ1n) is 8.53. The van der Waals surface area contributed by atoms with Crippen LogP contribution in [-0.4, -0.2) is 15.1 Å². The minimum Gasteiger partial charge on any atom is -0.506 e. The van der Waals surface area contributed by atoms with Gasteiger partial charge in [0.15, 0.2) is 11.4 Å². The standard InChI is InChI=1S/C20H17N3O2/c24-16-10-13-6-2-1-5-12(13)9-15(16)23-20-19-18(21-11-22-20)14-7-3-4-8-17(14)25-19/h3-4,7-11,24H,1-2,5-6H2,(H,21,22,23). The van der Waals surface area contributed by atoms with Gasteiger partial charge < -0.3 is 14.8 Å². The van der Waals surface area contributed by atoms with Gasteiger partial charge >= 0.3 is 0 Å². The normalized spacial score (nSPS) is 13.9. The molecule has 25 heavy (non-hydrogen) atoms. The monoisotopic (exact) mass is 331 g/mol. The molecule has 0 amide bonds. The lowest BCUT2D eigenvalue weighted by molar-refractivity contribution is 0.475. The lowest BCUT2D eigenvalue weighted by Crippen LogP contribution is -2.04. The van der Waals surface area contributed by atoms with E-state index in [1.165, 1.54) is 30.3 Å². The summed E-state index contributed by atoms with van der Waals surface area (Å²) in [4.78, 5) is 8.68. The van der Waals surface area contributed by atoms with Crippen molar-refractivity contribution >= 4 is 33.6 Å². The molecule has 2 aromatic heterocycles. The number of rotatable bonds is 2. The molecule has 1 aliphatic rings. The van der Waals surface area contributed by atoms with Crippen molar-refractivity contribution in [2.24, 2.45) is 0 Å². The molecule has 2 heterocycles. The maximum absolute atomic E-state index is 10.4. The second-order valence-corrected chi connectivity index (χ2v) is 6.47. The van der Waals surface area contributed by atoms with Crippen molar-refractivity contribution in [2.45, 2.75) is 25.7 Å². The average molecular weight is 331 g/mol. The molecule has 0 bridgehead atoms. The van der Waals surface area contributed by atoms with E-state index >= 15 is 0 Å². The Kier molecular flexibility index (Phi) is 3.13. The Morgan fingerprint density at radius 3 is 2.68 bits per heavy atom. The Labute approximate surface area is 144 Å². The van der Waals surface area contributed by atoms with Crippen LogP contribution in [-0.2, 0) is 12.8 Å². The van der Waals surface area contributed by atoms with Gasteiger partial charge in [-0.1, -0.05) is 12.1 Å². The van der Waals surface area contributed by atoms with Crippen LogP contribution in [0.4, 0.5) is 11.5 Å². The summed E-state index contributed by atoms with van der Waals surface area (Å²) >= 11 is 0. The molecule has 5 heteroatoms. The number of hydrogen-bond donors (Lipinski definition) is 2. The molecular formula is C20H17N3O2. The van der Waals surface area contributed by atoms with E-state index in [0.29, 0.717) is 17.1 Å². The average Bonchev–Trinajstić information content (AvgIpc) is 3.02. The number of aromatic hydroxyl groups is 1. The Hall–Kier alpha value is -3.08. The van der Waals surface area contributed by atoms with Crippen LogP contribution in [0.2, 0.25) is 0 Å². The van der Waals surface area contributed by atoms with E-state index in [0.717, 1.165) is 29.3 Å². The molecule has 124 valence electrons. The van der Waals surface area contributed by atoms with Crippen LogP contribution in [0.1, 0.15) is 24.0 Å². The number of aromatic nitrogens is 2. The summed E-state index contributed by atoms with van der Waals surface area (Å²) < 4.78 is 5.94. The van der Waals surface area contributed by atoms with Crippen molar-refractivity contribution in [1.82, 2.24) is 9.97 Å². The third-order valence-electron chi connectivity index (χ3n) is 4.87. The highest BCUT2D eigenvalue weighted by atomic mass is 16.3. The molecule has 5 rings (SSSR count). The second-order valence-electron chi connectivity index (χ2n) is 6.47. The van der Waals surface area contributed by atoms with Crippen LogP contribution < -0.4 is 5.32 Å². The van der Waals surface area contributed by atoms with Crippen molar-refractivity contribution < 1.29 is 9.52 Å². The Bertz CT molecular complexity index is 1100. The van der Waals surface area contributed by atoms with Crippen molar-refractivity contribution in [3.63, 3.8) is 0 Å². The van der Waals surface area contributed by atoms with Gasteiger partial charge in [-0.05, 0) is 61.1 Å². The van der Waals surface area contributed by atoms with E-state index in [1.807, 2.05) is 36.4 Å². The number of aryl methyl sites for hydroxylation is 2. The van der Waals surface area contributed by atoms with E-state index in [4.69, 9.17) is 4.42 Å². The zero-order valence-corrected chi connectivity index (χ0v) is 13.6. The Morgan fingerprint density at radius 1 is 1.00 bits per heavy atom. The fourth-order valence-corrected chi connectivity index (χ4v) is 3.61. The SMILES string of the molecule is Oc1cc2c(cc1Nc1ncnc3c1oc1ccccc13)CCCC2. The van der Waals surface area contributed by atoms with E-state index in [2.05, 4.69) is 15.3 Å². The first-order valence-corrected chi connectivity index (χ1v) is 8.53. The van der Waals surface area contributed by atoms with Gasteiger partial charge in [-0.2, -0.15) is 0 Å². The van der Waals surface area contributed by atoms with Gasteiger partial charge in [0, 0.05) is 5.39 Å². The molecule has 0 radical (unpaired) electrons. The van der Waals surface area contributed by atoms with Gasteiger partial charge in [0.2, 0.25) is 0 Å². The molecule has 2 N–H and O–H groups in total. The molecule has 0 fully saturated rings. The van der Waals surface area contributed by atoms with Crippen molar-refractivity contribution in [2.75, 3.05) is 5.32 Å². The van der Waals surface area contributed by atoms with Gasteiger partial charge in [-0.25, -0.2) is 9.97 Å². The zero-order chi connectivity index (χ0) is 16.8. The first-order chi connectivity index (χ1) is 12.3. The Balaban J connectivity index is 1.63. The molecule has 1 aliphatic carbocycles. The van der Waals surface area contributed by atoms with Gasteiger partial charge in [-0.15, -0.1) is 0 Å². The molecule has 0 saturated carbocycles. The highest BCUT2D eigenvalue weighted by molar-refractivity contribution is 6.05. The zero-order valence-electron chi connectivity index (χ0n) is 13.6. The van der Waals surface area contributed by atoms with Crippen LogP contribution in [0.15, 0.2) is 47.1 Å². The van der Waals surface area contributed by atoms with Crippen molar-refractivity contribution in [3.8, 4) is 5.75 Å².